The molecule has 0 aliphatic rings. The zero-order chi connectivity index (χ0) is 23.3. The van der Waals surface area contributed by atoms with E-state index in [1.54, 1.807) is 12.1 Å². The van der Waals surface area contributed by atoms with Gasteiger partial charge in [0.1, 0.15) is 6.10 Å². The Labute approximate surface area is 192 Å². The molecule has 0 radical (unpaired) electrons. The smallest absolute Gasteiger partial charge is 0.338 e. The minimum atomic E-state index is -0.382. The number of methoxy groups -OCH3 is 3. The maximum atomic E-state index is 12.8. The number of carbonyl (C=O) groups is 1. The first kappa shape index (κ1) is 25.5. The van der Waals surface area contributed by atoms with Gasteiger partial charge in [-0.15, -0.1) is 0 Å². The third-order valence-corrected chi connectivity index (χ3v) is 5.64. The molecule has 2 rings (SSSR count). The number of likely N-dealkylation sites (N-methyl/N-ethyl adjacent to an activating group) is 1. The van der Waals surface area contributed by atoms with E-state index in [-0.39, 0.29) is 12.1 Å². The largest absolute Gasteiger partial charge is 0.493 e. The third kappa shape index (κ3) is 7.45. The molecular formula is C26H37NO5. The molecule has 0 saturated carbocycles. The Balaban J connectivity index is 1.89. The Morgan fingerprint density at radius 1 is 0.938 bits per heavy atom. The highest BCUT2D eigenvalue weighted by Gasteiger charge is 2.20. The van der Waals surface area contributed by atoms with E-state index in [1.165, 1.54) is 26.9 Å². The lowest BCUT2D eigenvalue weighted by Crippen LogP contribution is -2.28. The molecular weight excluding hydrogens is 406 g/mol. The molecule has 6 nitrogen and oxygen atoms in total. The highest BCUT2D eigenvalue weighted by Crippen LogP contribution is 2.38. The molecule has 0 heterocycles. The van der Waals surface area contributed by atoms with Gasteiger partial charge in [-0.2, -0.15) is 0 Å². The molecule has 0 bridgehead atoms. The van der Waals surface area contributed by atoms with E-state index in [4.69, 9.17) is 18.9 Å². The lowest BCUT2D eigenvalue weighted by molar-refractivity contribution is 0.0261. The average molecular weight is 444 g/mol. The van der Waals surface area contributed by atoms with E-state index in [2.05, 4.69) is 36.1 Å². The minimum absolute atomic E-state index is 0.130. The lowest BCUT2D eigenvalue weighted by atomic mass is 10.1. The molecule has 2 aromatic rings. The van der Waals surface area contributed by atoms with Gasteiger partial charge in [0, 0.05) is 6.54 Å². The summed E-state index contributed by atoms with van der Waals surface area (Å²) in [5.41, 5.74) is 1.74. The standard InChI is InChI=1S/C26H37NO5/c1-6-22(14-11-16-27(7-2)17-15-20-12-9-8-10-13-20)32-26(28)21-18-23(29-3)25(31-5)24(19-21)30-4/h8-10,12-13,18-19,22H,6-7,11,14-17H2,1-5H3/t22-/m1/s1. The Bertz CT molecular complexity index is 799. The van der Waals surface area contributed by atoms with Crippen molar-refractivity contribution in [2.24, 2.45) is 0 Å². The zero-order valence-corrected chi connectivity index (χ0v) is 20.1. The van der Waals surface area contributed by atoms with Crippen molar-refractivity contribution in [2.45, 2.75) is 45.6 Å². The van der Waals surface area contributed by atoms with Gasteiger partial charge >= 0.3 is 5.97 Å². The number of nitrogens with zero attached hydrogens (tertiary/aromatic N) is 1. The fourth-order valence-electron chi connectivity index (χ4n) is 3.67. The van der Waals surface area contributed by atoms with Gasteiger partial charge in [0.25, 0.3) is 0 Å². The number of carbonyl (C=O) groups excluding carboxylic acids is 1. The van der Waals surface area contributed by atoms with E-state index in [9.17, 15) is 4.79 Å². The summed E-state index contributed by atoms with van der Waals surface area (Å²) in [6.07, 6.45) is 3.49. The second-order valence-electron chi connectivity index (χ2n) is 7.66. The summed E-state index contributed by atoms with van der Waals surface area (Å²) >= 11 is 0. The summed E-state index contributed by atoms with van der Waals surface area (Å²) in [6.45, 7) is 7.26. The van der Waals surface area contributed by atoms with E-state index in [0.29, 0.717) is 22.8 Å². The molecule has 0 N–H and O–H groups in total. The number of hydrogen-bond donors (Lipinski definition) is 0. The summed E-state index contributed by atoms with van der Waals surface area (Å²) in [7, 11) is 4.59. The number of rotatable bonds is 14. The second-order valence-corrected chi connectivity index (χ2v) is 7.66. The van der Waals surface area contributed by atoms with Crippen molar-refractivity contribution >= 4 is 5.97 Å². The van der Waals surface area contributed by atoms with Crippen LogP contribution in [0.2, 0.25) is 0 Å². The molecule has 32 heavy (non-hydrogen) atoms. The summed E-state index contributed by atoms with van der Waals surface area (Å²) in [6, 6.07) is 13.8. The highest BCUT2D eigenvalue weighted by atomic mass is 16.5. The van der Waals surface area contributed by atoms with Crippen molar-refractivity contribution in [2.75, 3.05) is 41.0 Å². The predicted octanol–water partition coefficient (Wildman–Crippen LogP) is 4.99. The van der Waals surface area contributed by atoms with Crippen LogP contribution < -0.4 is 14.2 Å². The Morgan fingerprint density at radius 3 is 2.12 bits per heavy atom. The van der Waals surface area contributed by atoms with Crippen LogP contribution in [0.4, 0.5) is 0 Å². The summed E-state index contributed by atoms with van der Waals surface area (Å²) in [5.74, 6) is 0.939. The minimum Gasteiger partial charge on any atom is -0.493 e. The average Bonchev–Trinajstić information content (AvgIpc) is 2.84. The quantitative estimate of drug-likeness (QED) is 0.383. The first-order valence-corrected chi connectivity index (χ1v) is 11.3. The van der Waals surface area contributed by atoms with Gasteiger partial charge in [0.2, 0.25) is 5.75 Å². The molecule has 1 atom stereocenters. The van der Waals surface area contributed by atoms with Crippen LogP contribution in [0.3, 0.4) is 0 Å². The van der Waals surface area contributed by atoms with Gasteiger partial charge in [-0.05, 0) is 56.5 Å². The van der Waals surface area contributed by atoms with Crippen LogP contribution in [-0.2, 0) is 11.2 Å². The SMILES string of the molecule is CC[C@H](CCCN(CC)CCc1ccccc1)OC(=O)c1cc(OC)c(OC)c(OC)c1. The van der Waals surface area contributed by atoms with Crippen molar-refractivity contribution in [3.05, 3.63) is 53.6 Å². The van der Waals surface area contributed by atoms with Crippen molar-refractivity contribution < 1.29 is 23.7 Å². The number of hydrogen-bond acceptors (Lipinski definition) is 6. The molecule has 0 aliphatic carbocycles. The predicted molar refractivity (Wildman–Crippen MR) is 127 cm³/mol. The van der Waals surface area contributed by atoms with Crippen molar-refractivity contribution in [3.8, 4) is 17.2 Å². The number of esters is 1. The maximum Gasteiger partial charge on any atom is 0.338 e. The summed E-state index contributed by atoms with van der Waals surface area (Å²) in [4.78, 5) is 15.2. The molecule has 0 fully saturated rings. The lowest BCUT2D eigenvalue weighted by Gasteiger charge is -2.22. The van der Waals surface area contributed by atoms with Crippen LogP contribution in [0.25, 0.3) is 0 Å². The van der Waals surface area contributed by atoms with E-state index < -0.39 is 0 Å². The van der Waals surface area contributed by atoms with Gasteiger partial charge in [-0.1, -0.05) is 44.2 Å². The Morgan fingerprint density at radius 2 is 1.59 bits per heavy atom. The number of benzene rings is 2. The molecule has 176 valence electrons. The van der Waals surface area contributed by atoms with E-state index >= 15 is 0 Å². The topological polar surface area (TPSA) is 57.2 Å². The van der Waals surface area contributed by atoms with E-state index in [1.807, 2.05) is 13.0 Å². The van der Waals surface area contributed by atoms with Gasteiger partial charge in [-0.25, -0.2) is 4.79 Å². The first-order chi connectivity index (χ1) is 15.6. The molecule has 0 amide bonds. The van der Waals surface area contributed by atoms with Crippen LogP contribution in [0.15, 0.2) is 42.5 Å². The Hall–Kier alpha value is -2.73. The maximum absolute atomic E-state index is 12.8. The third-order valence-electron chi connectivity index (χ3n) is 5.64. The first-order valence-electron chi connectivity index (χ1n) is 11.3. The highest BCUT2D eigenvalue weighted by molar-refractivity contribution is 5.91. The number of ether oxygens (including phenoxy) is 4. The molecule has 0 spiro atoms. The summed E-state index contributed by atoms with van der Waals surface area (Å²) in [5, 5.41) is 0. The zero-order valence-electron chi connectivity index (χ0n) is 20.1. The second kappa shape index (κ2) is 13.6. The van der Waals surface area contributed by atoms with Crippen LogP contribution in [0.1, 0.15) is 49.0 Å². The van der Waals surface area contributed by atoms with Crippen LogP contribution in [0, 0.1) is 0 Å². The van der Waals surface area contributed by atoms with Crippen LogP contribution in [0.5, 0.6) is 17.2 Å². The summed E-state index contributed by atoms with van der Waals surface area (Å²) < 4.78 is 21.8. The normalized spacial score (nSPS) is 11.8. The Kier molecular flexibility index (Phi) is 10.9. The van der Waals surface area contributed by atoms with Crippen LogP contribution in [-0.4, -0.2) is 57.9 Å². The van der Waals surface area contributed by atoms with Crippen molar-refractivity contribution in [3.63, 3.8) is 0 Å². The molecule has 2 aromatic carbocycles. The fraction of sp³-hybridized carbons (Fsp3) is 0.500. The van der Waals surface area contributed by atoms with Crippen LogP contribution >= 0.6 is 0 Å². The molecule has 0 saturated heterocycles. The van der Waals surface area contributed by atoms with Gasteiger partial charge in [-0.3, -0.25) is 0 Å². The van der Waals surface area contributed by atoms with Crippen molar-refractivity contribution in [1.82, 2.24) is 4.90 Å². The molecule has 0 aliphatic heterocycles. The van der Waals surface area contributed by atoms with E-state index in [0.717, 1.165) is 45.3 Å². The van der Waals surface area contributed by atoms with Gasteiger partial charge in [0.05, 0.1) is 26.9 Å². The molecule has 6 heteroatoms. The monoisotopic (exact) mass is 443 g/mol. The fourth-order valence-corrected chi connectivity index (χ4v) is 3.67. The van der Waals surface area contributed by atoms with Gasteiger partial charge < -0.3 is 23.8 Å². The molecule has 0 unspecified atom stereocenters. The van der Waals surface area contributed by atoms with Crippen molar-refractivity contribution in [1.29, 1.82) is 0 Å². The van der Waals surface area contributed by atoms with Gasteiger partial charge in [0.15, 0.2) is 11.5 Å². The molecule has 0 aromatic heterocycles.